The minimum atomic E-state index is -0.650. The fourth-order valence-corrected chi connectivity index (χ4v) is 2.96. The van der Waals surface area contributed by atoms with Gasteiger partial charge < -0.3 is 15.0 Å². The fraction of sp³-hybridized carbons (Fsp3) is 0.316. The van der Waals surface area contributed by atoms with Crippen molar-refractivity contribution < 1.29 is 18.3 Å². The third-order valence-corrected chi connectivity index (χ3v) is 4.36. The molecule has 0 radical (unpaired) electrons. The highest BCUT2D eigenvalue weighted by Gasteiger charge is 2.20. The molecule has 5 nitrogen and oxygen atoms in total. The lowest BCUT2D eigenvalue weighted by Crippen LogP contribution is -2.48. The van der Waals surface area contributed by atoms with Crippen LogP contribution in [0.3, 0.4) is 0 Å². The van der Waals surface area contributed by atoms with E-state index in [4.69, 9.17) is 4.74 Å². The molecule has 7 heteroatoms. The Morgan fingerprint density at radius 2 is 1.88 bits per heavy atom. The van der Waals surface area contributed by atoms with Gasteiger partial charge in [0.05, 0.1) is 19.3 Å². The van der Waals surface area contributed by atoms with E-state index in [-0.39, 0.29) is 18.1 Å². The lowest BCUT2D eigenvalue weighted by atomic mass is 10.2. The third kappa shape index (κ3) is 4.49. The van der Waals surface area contributed by atoms with Crippen LogP contribution in [0.15, 0.2) is 42.5 Å². The van der Waals surface area contributed by atoms with Gasteiger partial charge in [0, 0.05) is 44.0 Å². The molecule has 0 bridgehead atoms. The Labute approximate surface area is 151 Å². The molecule has 0 aromatic heterocycles. The second-order valence-corrected chi connectivity index (χ2v) is 6.14. The normalized spacial score (nSPS) is 15.0. The van der Waals surface area contributed by atoms with Crippen LogP contribution < -0.4 is 15.0 Å². The fourth-order valence-electron chi connectivity index (χ4n) is 2.96. The molecule has 2 aromatic rings. The van der Waals surface area contributed by atoms with Gasteiger partial charge in [0.15, 0.2) is 0 Å². The Morgan fingerprint density at radius 3 is 2.62 bits per heavy atom. The summed E-state index contributed by atoms with van der Waals surface area (Å²) in [6.07, 6.45) is 0. The van der Waals surface area contributed by atoms with Crippen molar-refractivity contribution >= 4 is 17.3 Å². The van der Waals surface area contributed by atoms with E-state index in [1.807, 2.05) is 29.2 Å². The van der Waals surface area contributed by atoms with E-state index in [1.165, 1.54) is 0 Å². The Balaban J connectivity index is 1.52. The molecule has 0 saturated carbocycles. The van der Waals surface area contributed by atoms with E-state index in [0.29, 0.717) is 13.1 Å². The number of hydrogen-bond acceptors (Lipinski definition) is 4. The number of piperazine rings is 1. The molecular formula is C19H21F2N3O2. The topological polar surface area (TPSA) is 44.8 Å². The van der Waals surface area contributed by atoms with Gasteiger partial charge in [-0.2, -0.15) is 0 Å². The van der Waals surface area contributed by atoms with Crippen molar-refractivity contribution in [2.75, 3.05) is 50.1 Å². The highest BCUT2D eigenvalue weighted by molar-refractivity contribution is 5.92. The maximum Gasteiger partial charge on any atom is 0.238 e. The van der Waals surface area contributed by atoms with Gasteiger partial charge in [-0.1, -0.05) is 6.07 Å². The standard InChI is InChI=1S/C19H21F2N3O2/c1-26-16-4-2-3-15(12-16)24-9-7-23(8-10-24)13-19(25)22-18-11-14(20)5-6-17(18)21/h2-6,11-12H,7-10,13H2,1H3,(H,22,25). The molecule has 1 fully saturated rings. The number of carbonyl (C=O) groups is 1. The van der Waals surface area contributed by atoms with Crippen LogP contribution in [0.5, 0.6) is 5.75 Å². The second kappa shape index (κ2) is 8.14. The third-order valence-electron chi connectivity index (χ3n) is 4.36. The van der Waals surface area contributed by atoms with Crippen molar-refractivity contribution in [1.82, 2.24) is 4.90 Å². The minimum absolute atomic E-state index is 0.134. The minimum Gasteiger partial charge on any atom is -0.497 e. The average molecular weight is 361 g/mol. The smallest absolute Gasteiger partial charge is 0.238 e. The predicted octanol–water partition coefficient (Wildman–Crippen LogP) is 2.73. The summed E-state index contributed by atoms with van der Waals surface area (Å²) in [6.45, 7) is 3.10. The van der Waals surface area contributed by atoms with Crippen LogP contribution in [-0.4, -0.2) is 50.6 Å². The molecule has 0 unspecified atom stereocenters. The summed E-state index contributed by atoms with van der Waals surface area (Å²) in [7, 11) is 1.64. The molecule has 0 atom stereocenters. The zero-order valence-corrected chi connectivity index (χ0v) is 14.5. The molecule has 0 aliphatic carbocycles. The van der Waals surface area contributed by atoms with Crippen molar-refractivity contribution in [3.05, 3.63) is 54.1 Å². The Bertz CT molecular complexity index is 777. The summed E-state index contributed by atoms with van der Waals surface area (Å²) in [5, 5.41) is 2.43. The first-order chi connectivity index (χ1) is 12.5. The Hall–Kier alpha value is -2.67. The predicted molar refractivity (Wildman–Crippen MR) is 96.6 cm³/mol. The summed E-state index contributed by atoms with van der Waals surface area (Å²) in [4.78, 5) is 16.3. The highest BCUT2D eigenvalue weighted by atomic mass is 19.1. The van der Waals surface area contributed by atoms with Crippen LogP contribution in [0.2, 0.25) is 0 Å². The summed E-state index contributed by atoms with van der Waals surface area (Å²) in [5.41, 5.74) is 0.945. The first-order valence-electron chi connectivity index (χ1n) is 8.41. The van der Waals surface area contributed by atoms with Crippen molar-refractivity contribution in [3.8, 4) is 5.75 Å². The molecule has 1 amide bonds. The molecule has 1 aliphatic rings. The van der Waals surface area contributed by atoms with Crippen LogP contribution in [0.1, 0.15) is 0 Å². The van der Waals surface area contributed by atoms with E-state index in [2.05, 4.69) is 10.2 Å². The van der Waals surface area contributed by atoms with E-state index in [9.17, 15) is 13.6 Å². The van der Waals surface area contributed by atoms with Gasteiger partial charge in [-0.25, -0.2) is 8.78 Å². The number of nitrogens with one attached hydrogen (secondary N) is 1. The van der Waals surface area contributed by atoms with Crippen LogP contribution >= 0.6 is 0 Å². The quantitative estimate of drug-likeness (QED) is 0.890. The highest BCUT2D eigenvalue weighted by Crippen LogP contribution is 2.22. The first kappa shape index (κ1) is 18.1. The van der Waals surface area contributed by atoms with Gasteiger partial charge in [-0.05, 0) is 24.3 Å². The molecule has 138 valence electrons. The Morgan fingerprint density at radius 1 is 1.12 bits per heavy atom. The van der Waals surface area contributed by atoms with Crippen molar-refractivity contribution in [2.45, 2.75) is 0 Å². The Kier molecular flexibility index (Phi) is 5.68. The maximum absolute atomic E-state index is 13.6. The average Bonchev–Trinajstić information content (AvgIpc) is 2.65. The number of anilines is 2. The van der Waals surface area contributed by atoms with Crippen LogP contribution in [0.25, 0.3) is 0 Å². The summed E-state index contributed by atoms with van der Waals surface area (Å²) >= 11 is 0. The maximum atomic E-state index is 13.6. The lowest BCUT2D eigenvalue weighted by molar-refractivity contribution is -0.117. The number of amides is 1. The number of benzene rings is 2. The lowest BCUT2D eigenvalue weighted by Gasteiger charge is -2.35. The van der Waals surface area contributed by atoms with E-state index < -0.39 is 11.6 Å². The van der Waals surface area contributed by atoms with Crippen LogP contribution in [-0.2, 0) is 4.79 Å². The first-order valence-corrected chi connectivity index (χ1v) is 8.41. The number of ether oxygens (including phenoxy) is 1. The number of carbonyl (C=O) groups excluding carboxylic acids is 1. The molecule has 26 heavy (non-hydrogen) atoms. The second-order valence-electron chi connectivity index (χ2n) is 6.14. The molecule has 1 heterocycles. The van der Waals surface area contributed by atoms with Crippen LogP contribution in [0.4, 0.5) is 20.2 Å². The zero-order chi connectivity index (χ0) is 18.5. The number of hydrogen-bond donors (Lipinski definition) is 1. The molecule has 3 rings (SSSR count). The number of halogens is 2. The zero-order valence-electron chi connectivity index (χ0n) is 14.5. The van der Waals surface area contributed by atoms with Gasteiger partial charge in [0.1, 0.15) is 17.4 Å². The van der Waals surface area contributed by atoms with E-state index in [1.54, 1.807) is 7.11 Å². The molecule has 0 spiro atoms. The van der Waals surface area contributed by atoms with Gasteiger partial charge in [-0.3, -0.25) is 9.69 Å². The number of rotatable bonds is 5. The molecule has 1 saturated heterocycles. The SMILES string of the molecule is COc1cccc(N2CCN(CC(=O)Nc3cc(F)ccc3F)CC2)c1. The van der Waals surface area contributed by atoms with Gasteiger partial charge >= 0.3 is 0 Å². The van der Waals surface area contributed by atoms with Crippen molar-refractivity contribution in [3.63, 3.8) is 0 Å². The van der Waals surface area contributed by atoms with Gasteiger partial charge in [0.2, 0.25) is 5.91 Å². The van der Waals surface area contributed by atoms with Crippen molar-refractivity contribution in [1.29, 1.82) is 0 Å². The van der Waals surface area contributed by atoms with E-state index in [0.717, 1.165) is 42.7 Å². The number of nitrogens with zero attached hydrogens (tertiary/aromatic N) is 2. The molecule has 1 N–H and O–H groups in total. The molecule has 2 aromatic carbocycles. The molecular weight excluding hydrogens is 340 g/mol. The largest absolute Gasteiger partial charge is 0.497 e. The van der Waals surface area contributed by atoms with Gasteiger partial charge in [0.25, 0.3) is 0 Å². The monoisotopic (exact) mass is 361 g/mol. The van der Waals surface area contributed by atoms with E-state index >= 15 is 0 Å². The summed E-state index contributed by atoms with van der Waals surface area (Å²) in [5.74, 6) is -0.790. The molecule has 1 aliphatic heterocycles. The van der Waals surface area contributed by atoms with Crippen molar-refractivity contribution in [2.24, 2.45) is 0 Å². The van der Waals surface area contributed by atoms with Crippen LogP contribution in [0, 0.1) is 11.6 Å². The number of methoxy groups -OCH3 is 1. The summed E-state index contributed by atoms with van der Waals surface area (Å²) in [6, 6.07) is 10.8. The van der Waals surface area contributed by atoms with Gasteiger partial charge in [-0.15, -0.1) is 0 Å². The summed E-state index contributed by atoms with van der Waals surface area (Å²) < 4.78 is 32.0.